The number of hydrogen-bond acceptors (Lipinski definition) is 5. The monoisotopic (exact) mass is 316 g/mol. The first kappa shape index (κ1) is 15.0. The average molecular weight is 316 g/mol. The molecule has 0 spiro atoms. The van der Waals surface area contributed by atoms with Gasteiger partial charge in [0.25, 0.3) is 0 Å². The van der Waals surface area contributed by atoms with Crippen molar-refractivity contribution in [2.45, 2.75) is 33.1 Å². The Bertz CT molecular complexity index is 677. The second-order valence-electron chi connectivity index (χ2n) is 5.71. The van der Waals surface area contributed by atoms with Gasteiger partial charge in [-0.3, -0.25) is 4.79 Å². The molecule has 1 aromatic heterocycles. The molecule has 2 heterocycles. The second kappa shape index (κ2) is 6.44. The van der Waals surface area contributed by atoms with Crippen molar-refractivity contribution in [3.05, 3.63) is 34.3 Å². The van der Waals surface area contributed by atoms with Crippen LogP contribution >= 0.6 is 11.3 Å². The highest BCUT2D eigenvalue weighted by Crippen LogP contribution is 2.24. The zero-order valence-corrected chi connectivity index (χ0v) is 13.7. The van der Waals surface area contributed by atoms with Crippen molar-refractivity contribution in [1.29, 1.82) is 0 Å². The Balaban J connectivity index is 1.65. The van der Waals surface area contributed by atoms with E-state index in [0.717, 1.165) is 47.3 Å². The molecule has 116 valence electrons. The zero-order chi connectivity index (χ0) is 15.5. The van der Waals surface area contributed by atoms with E-state index in [1.807, 2.05) is 4.90 Å². The summed E-state index contributed by atoms with van der Waals surface area (Å²) in [4.78, 5) is 14.0. The molecule has 0 bridgehead atoms. The fourth-order valence-corrected chi connectivity index (χ4v) is 3.31. The van der Waals surface area contributed by atoms with Gasteiger partial charge in [0.1, 0.15) is 5.01 Å². The lowest BCUT2D eigenvalue weighted by Crippen LogP contribution is -2.28. The highest BCUT2D eigenvalue weighted by atomic mass is 32.1. The minimum Gasteiger partial charge on any atom is -0.342 e. The van der Waals surface area contributed by atoms with E-state index < -0.39 is 0 Å². The SMILES string of the molecule is Cc1ccc(C)c(Nc2nnc(CC(=O)N3CCCC3)s2)c1. The maximum atomic E-state index is 12.1. The smallest absolute Gasteiger partial charge is 0.229 e. The molecule has 1 N–H and O–H groups in total. The average Bonchev–Trinajstić information content (AvgIpc) is 3.14. The number of aromatic nitrogens is 2. The molecule has 0 aliphatic carbocycles. The van der Waals surface area contributed by atoms with E-state index >= 15 is 0 Å². The number of rotatable bonds is 4. The molecular formula is C16H20N4OS. The molecule has 1 aliphatic rings. The number of carbonyl (C=O) groups is 1. The Morgan fingerprint density at radius 2 is 2.05 bits per heavy atom. The molecule has 1 saturated heterocycles. The van der Waals surface area contributed by atoms with Crippen molar-refractivity contribution < 1.29 is 4.79 Å². The molecule has 22 heavy (non-hydrogen) atoms. The minimum atomic E-state index is 0.159. The van der Waals surface area contributed by atoms with Gasteiger partial charge in [0, 0.05) is 18.8 Å². The Morgan fingerprint density at radius 1 is 1.27 bits per heavy atom. The Labute approximate surface area is 134 Å². The van der Waals surface area contributed by atoms with Crippen LogP contribution in [0.15, 0.2) is 18.2 Å². The molecule has 0 radical (unpaired) electrons. The van der Waals surface area contributed by atoms with Gasteiger partial charge in [0.15, 0.2) is 0 Å². The Hall–Kier alpha value is -1.95. The third-order valence-corrected chi connectivity index (χ3v) is 4.70. The lowest BCUT2D eigenvalue weighted by atomic mass is 10.1. The van der Waals surface area contributed by atoms with E-state index in [1.165, 1.54) is 16.9 Å². The highest BCUT2D eigenvalue weighted by molar-refractivity contribution is 7.15. The van der Waals surface area contributed by atoms with Crippen LogP contribution in [0.4, 0.5) is 10.8 Å². The largest absolute Gasteiger partial charge is 0.342 e. The fraction of sp³-hybridized carbons (Fsp3) is 0.438. The molecule has 6 heteroatoms. The van der Waals surface area contributed by atoms with Crippen molar-refractivity contribution in [3.63, 3.8) is 0 Å². The summed E-state index contributed by atoms with van der Waals surface area (Å²) in [6.07, 6.45) is 2.58. The number of amides is 1. The van der Waals surface area contributed by atoms with Crippen molar-refractivity contribution in [2.75, 3.05) is 18.4 Å². The highest BCUT2D eigenvalue weighted by Gasteiger charge is 2.19. The molecule has 2 aromatic rings. The molecule has 1 fully saturated rings. The maximum Gasteiger partial charge on any atom is 0.229 e. The molecule has 1 aliphatic heterocycles. The van der Waals surface area contributed by atoms with Gasteiger partial charge < -0.3 is 10.2 Å². The number of nitrogens with zero attached hydrogens (tertiary/aromatic N) is 3. The van der Waals surface area contributed by atoms with Crippen LogP contribution in [-0.2, 0) is 11.2 Å². The van der Waals surface area contributed by atoms with E-state index in [0.29, 0.717) is 6.42 Å². The number of anilines is 2. The van der Waals surface area contributed by atoms with Gasteiger partial charge in [0.2, 0.25) is 11.0 Å². The zero-order valence-electron chi connectivity index (χ0n) is 12.9. The van der Waals surface area contributed by atoms with Gasteiger partial charge in [-0.15, -0.1) is 10.2 Å². The first-order valence-electron chi connectivity index (χ1n) is 7.56. The molecule has 0 atom stereocenters. The lowest BCUT2D eigenvalue weighted by molar-refractivity contribution is -0.129. The van der Waals surface area contributed by atoms with Crippen molar-refractivity contribution in [3.8, 4) is 0 Å². The number of benzene rings is 1. The molecule has 1 amide bonds. The van der Waals surface area contributed by atoms with Crippen molar-refractivity contribution in [2.24, 2.45) is 0 Å². The minimum absolute atomic E-state index is 0.159. The summed E-state index contributed by atoms with van der Waals surface area (Å²) in [6.45, 7) is 5.88. The third-order valence-electron chi connectivity index (χ3n) is 3.86. The van der Waals surface area contributed by atoms with Crippen LogP contribution in [0.5, 0.6) is 0 Å². The summed E-state index contributed by atoms with van der Waals surface area (Å²) in [5, 5.41) is 13.1. The first-order chi connectivity index (χ1) is 10.6. The van der Waals surface area contributed by atoms with E-state index in [2.05, 4.69) is 47.6 Å². The van der Waals surface area contributed by atoms with Crippen LogP contribution in [0, 0.1) is 13.8 Å². The van der Waals surface area contributed by atoms with Crippen LogP contribution in [0.1, 0.15) is 29.0 Å². The maximum absolute atomic E-state index is 12.1. The Kier molecular flexibility index (Phi) is 4.38. The molecule has 0 saturated carbocycles. The summed E-state index contributed by atoms with van der Waals surface area (Å²) < 4.78 is 0. The van der Waals surface area contributed by atoms with Gasteiger partial charge in [-0.25, -0.2) is 0 Å². The van der Waals surface area contributed by atoms with E-state index in [4.69, 9.17) is 0 Å². The predicted octanol–water partition coefficient (Wildman–Crippen LogP) is 3.06. The lowest BCUT2D eigenvalue weighted by Gasteiger charge is -2.13. The summed E-state index contributed by atoms with van der Waals surface area (Å²) in [5.41, 5.74) is 3.39. The summed E-state index contributed by atoms with van der Waals surface area (Å²) in [7, 11) is 0. The van der Waals surface area contributed by atoms with Crippen LogP contribution in [-0.4, -0.2) is 34.1 Å². The summed E-state index contributed by atoms with van der Waals surface area (Å²) >= 11 is 1.45. The standard InChI is InChI=1S/C16H20N4OS/c1-11-5-6-12(2)13(9-11)17-16-19-18-14(22-16)10-15(21)20-7-3-4-8-20/h5-6,9H,3-4,7-8,10H2,1-2H3,(H,17,19). The van der Waals surface area contributed by atoms with Crippen LogP contribution in [0.2, 0.25) is 0 Å². The number of carbonyl (C=O) groups excluding carboxylic acids is 1. The number of nitrogens with one attached hydrogen (secondary N) is 1. The number of hydrogen-bond donors (Lipinski definition) is 1. The van der Waals surface area contributed by atoms with Crippen LogP contribution in [0.3, 0.4) is 0 Å². The van der Waals surface area contributed by atoms with Gasteiger partial charge in [0.05, 0.1) is 6.42 Å². The van der Waals surface area contributed by atoms with E-state index in [-0.39, 0.29) is 5.91 Å². The topological polar surface area (TPSA) is 58.1 Å². The summed E-state index contributed by atoms with van der Waals surface area (Å²) in [5.74, 6) is 0.159. The summed E-state index contributed by atoms with van der Waals surface area (Å²) in [6, 6.07) is 6.25. The first-order valence-corrected chi connectivity index (χ1v) is 8.38. The van der Waals surface area contributed by atoms with Crippen LogP contribution in [0.25, 0.3) is 0 Å². The molecule has 0 unspecified atom stereocenters. The van der Waals surface area contributed by atoms with Gasteiger partial charge in [-0.1, -0.05) is 23.5 Å². The number of aryl methyl sites for hydroxylation is 2. The molecule has 5 nitrogen and oxygen atoms in total. The van der Waals surface area contributed by atoms with Gasteiger partial charge >= 0.3 is 0 Å². The number of likely N-dealkylation sites (tertiary alicyclic amines) is 1. The van der Waals surface area contributed by atoms with E-state index in [1.54, 1.807) is 0 Å². The van der Waals surface area contributed by atoms with Gasteiger partial charge in [-0.05, 0) is 43.9 Å². The predicted molar refractivity (Wildman–Crippen MR) is 88.6 cm³/mol. The van der Waals surface area contributed by atoms with Crippen molar-refractivity contribution in [1.82, 2.24) is 15.1 Å². The molecule has 3 rings (SSSR count). The van der Waals surface area contributed by atoms with E-state index in [9.17, 15) is 4.79 Å². The normalized spacial score (nSPS) is 14.4. The Morgan fingerprint density at radius 3 is 2.82 bits per heavy atom. The molecular weight excluding hydrogens is 296 g/mol. The third kappa shape index (κ3) is 3.44. The quantitative estimate of drug-likeness (QED) is 0.942. The molecule has 1 aromatic carbocycles. The second-order valence-corrected chi connectivity index (χ2v) is 6.77. The fourth-order valence-electron chi connectivity index (χ4n) is 2.57. The van der Waals surface area contributed by atoms with Crippen LogP contribution < -0.4 is 5.32 Å². The van der Waals surface area contributed by atoms with Crippen molar-refractivity contribution >= 4 is 28.1 Å². The van der Waals surface area contributed by atoms with Gasteiger partial charge in [-0.2, -0.15) is 0 Å².